The van der Waals surface area contributed by atoms with Crippen LogP contribution in [0.3, 0.4) is 0 Å². The Morgan fingerprint density at radius 3 is 2.95 bits per heavy atom. The average molecular weight is 281 g/mol. The number of hydrogen-bond donors (Lipinski definition) is 0. The van der Waals surface area contributed by atoms with Gasteiger partial charge in [-0.05, 0) is 25.3 Å². The summed E-state index contributed by atoms with van der Waals surface area (Å²) >= 11 is 1.31. The van der Waals surface area contributed by atoms with Crippen molar-refractivity contribution in [2.24, 2.45) is 5.92 Å². The maximum Gasteiger partial charge on any atom is 0.249 e. The van der Waals surface area contributed by atoms with Crippen LogP contribution in [0.15, 0.2) is 0 Å². The summed E-state index contributed by atoms with van der Waals surface area (Å²) < 4.78 is 14.7. The fraction of sp³-hybridized carbons (Fsp3) is 0.857. The molecule has 2 aliphatic rings. The molecule has 3 atom stereocenters. The van der Waals surface area contributed by atoms with Crippen LogP contribution in [-0.4, -0.2) is 39.9 Å². The number of hydrogen-bond acceptors (Lipinski definition) is 5. The lowest BCUT2D eigenvalue weighted by Gasteiger charge is -2.20. The van der Waals surface area contributed by atoms with Gasteiger partial charge in [0.25, 0.3) is 0 Å². The first kappa shape index (κ1) is 13.3. The predicted octanol–water partition coefficient (Wildman–Crippen LogP) is 2.92. The fourth-order valence-electron chi connectivity index (χ4n) is 3.31. The van der Waals surface area contributed by atoms with Gasteiger partial charge in [-0.25, -0.2) is 0 Å². The second kappa shape index (κ2) is 6.18. The van der Waals surface area contributed by atoms with Crippen molar-refractivity contribution in [2.45, 2.75) is 44.9 Å². The Kier molecular flexibility index (Phi) is 4.33. The fourth-order valence-corrected chi connectivity index (χ4v) is 3.87. The van der Waals surface area contributed by atoms with Gasteiger partial charge in [0.2, 0.25) is 5.88 Å². The van der Waals surface area contributed by atoms with Crippen molar-refractivity contribution in [3.63, 3.8) is 0 Å². The van der Waals surface area contributed by atoms with Gasteiger partial charge in [-0.15, -0.1) is 4.37 Å². The Morgan fingerprint density at radius 2 is 2.21 bits per heavy atom. The Hall–Kier alpha value is -0.680. The van der Waals surface area contributed by atoms with Crippen LogP contribution in [0.4, 0.5) is 0 Å². The molecular weight excluding hydrogens is 258 g/mol. The minimum absolute atomic E-state index is 0.568. The van der Waals surface area contributed by atoms with Crippen LogP contribution in [0.2, 0.25) is 0 Å². The van der Waals surface area contributed by atoms with E-state index in [1.165, 1.54) is 50.5 Å². The molecule has 5 heteroatoms. The molecule has 2 fully saturated rings. The van der Waals surface area contributed by atoms with Crippen LogP contribution in [0.1, 0.15) is 50.6 Å². The normalized spacial score (nSPS) is 29.0. The van der Waals surface area contributed by atoms with E-state index >= 15 is 0 Å². The lowest BCUT2D eigenvalue weighted by Crippen LogP contribution is -2.22. The molecule has 3 heterocycles. The number of piperidine rings is 1. The summed E-state index contributed by atoms with van der Waals surface area (Å²) in [4.78, 5) is 2.54. The molecule has 0 saturated carbocycles. The first-order valence-electron chi connectivity index (χ1n) is 7.56. The van der Waals surface area contributed by atoms with Gasteiger partial charge in [0, 0.05) is 19.0 Å². The molecule has 0 aromatic carbocycles. The van der Waals surface area contributed by atoms with Gasteiger partial charge in [-0.3, -0.25) is 0 Å². The van der Waals surface area contributed by atoms with Crippen molar-refractivity contribution < 1.29 is 4.74 Å². The molecule has 3 rings (SSSR count). The Morgan fingerprint density at radius 1 is 1.26 bits per heavy atom. The van der Waals surface area contributed by atoms with Crippen LogP contribution < -0.4 is 4.74 Å². The van der Waals surface area contributed by atoms with Crippen molar-refractivity contribution in [1.82, 2.24) is 13.6 Å². The lowest BCUT2D eigenvalue weighted by molar-refractivity contribution is 0.284. The van der Waals surface area contributed by atoms with Crippen molar-refractivity contribution in [3.8, 4) is 5.88 Å². The predicted molar refractivity (Wildman–Crippen MR) is 76.8 cm³/mol. The Bertz CT molecular complexity index is 409. The van der Waals surface area contributed by atoms with E-state index in [4.69, 9.17) is 4.74 Å². The molecule has 0 N–H and O–H groups in total. The summed E-state index contributed by atoms with van der Waals surface area (Å²) in [7, 11) is 0. The van der Waals surface area contributed by atoms with Crippen LogP contribution in [-0.2, 0) is 0 Å². The van der Waals surface area contributed by atoms with Gasteiger partial charge in [-0.1, -0.05) is 26.2 Å². The number of unbranched alkanes of at least 4 members (excludes halogenated alkanes) is 3. The highest BCUT2D eigenvalue weighted by atomic mass is 32.1. The lowest BCUT2D eigenvalue weighted by atomic mass is 9.90. The molecule has 1 aromatic heterocycles. The van der Waals surface area contributed by atoms with Gasteiger partial charge in [-0.2, -0.15) is 4.37 Å². The maximum absolute atomic E-state index is 5.86. The smallest absolute Gasteiger partial charge is 0.249 e. The molecule has 4 nitrogen and oxygen atoms in total. The van der Waals surface area contributed by atoms with E-state index in [1.54, 1.807) is 0 Å². The molecule has 0 amide bonds. The molecule has 19 heavy (non-hydrogen) atoms. The van der Waals surface area contributed by atoms with Gasteiger partial charge < -0.3 is 9.64 Å². The number of rotatable bonds is 7. The van der Waals surface area contributed by atoms with Crippen molar-refractivity contribution in [1.29, 1.82) is 0 Å². The van der Waals surface area contributed by atoms with E-state index in [-0.39, 0.29) is 0 Å². The van der Waals surface area contributed by atoms with Gasteiger partial charge in [0.05, 0.1) is 18.3 Å². The molecule has 1 unspecified atom stereocenters. The summed E-state index contributed by atoms with van der Waals surface area (Å²) in [6, 6.07) is 0. The van der Waals surface area contributed by atoms with Crippen LogP contribution >= 0.6 is 11.7 Å². The number of fused-ring (bicyclic) bond motifs is 2. The molecule has 0 spiro atoms. The SMILES string of the molecule is CCCCCCOc1nsnc1[C@@H]1CN2CC[C@H]1C2. The van der Waals surface area contributed by atoms with E-state index in [2.05, 4.69) is 20.6 Å². The minimum atomic E-state index is 0.568. The largest absolute Gasteiger partial charge is 0.476 e. The Balaban J connectivity index is 1.54. The summed E-state index contributed by atoms with van der Waals surface area (Å²) in [5.41, 5.74) is 1.13. The standard InChI is InChI=1S/C14H23N3OS/c1-2-3-4-5-8-18-14-13(15-19-16-14)12-10-17-7-6-11(12)9-17/h11-12H,2-10H2,1H3/t11-,12+/m0/s1. The van der Waals surface area contributed by atoms with E-state index in [0.29, 0.717) is 5.92 Å². The summed E-state index contributed by atoms with van der Waals surface area (Å²) in [5.74, 6) is 2.17. The molecule has 0 radical (unpaired) electrons. The number of ether oxygens (including phenoxy) is 1. The highest BCUT2D eigenvalue weighted by Gasteiger charge is 2.41. The third-order valence-corrected chi connectivity index (χ3v) is 4.93. The zero-order valence-electron chi connectivity index (χ0n) is 11.7. The van der Waals surface area contributed by atoms with Crippen LogP contribution in [0, 0.1) is 5.92 Å². The maximum atomic E-state index is 5.86. The van der Waals surface area contributed by atoms with Crippen molar-refractivity contribution in [2.75, 3.05) is 26.2 Å². The molecule has 2 saturated heterocycles. The topological polar surface area (TPSA) is 38.3 Å². The second-order valence-electron chi connectivity index (χ2n) is 5.78. The van der Waals surface area contributed by atoms with E-state index < -0.39 is 0 Å². The Labute approximate surface area is 119 Å². The number of nitrogens with zero attached hydrogens (tertiary/aromatic N) is 3. The molecular formula is C14H23N3OS. The average Bonchev–Trinajstić information content (AvgIpc) is 3.14. The van der Waals surface area contributed by atoms with E-state index in [9.17, 15) is 0 Å². The first-order chi connectivity index (χ1) is 9.38. The molecule has 2 aliphatic heterocycles. The first-order valence-corrected chi connectivity index (χ1v) is 8.29. The monoisotopic (exact) mass is 281 g/mol. The molecule has 106 valence electrons. The summed E-state index contributed by atoms with van der Waals surface area (Å²) in [6.07, 6.45) is 6.26. The van der Waals surface area contributed by atoms with Crippen molar-refractivity contribution >= 4 is 11.7 Å². The quantitative estimate of drug-likeness (QED) is 0.720. The minimum Gasteiger partial charge on any atom is -0.476 e. The zero-order chi connectivity index (χ0) is 13.1. The molecule has 0 aliphatic carbocycles. The van der Waals surface area contributed by atoms with Gasteiger partial charge in [0.1, 0.15) is 5.69 Å². The van der Waals surface area contributed by atoms with Crippen LogP contribution in [0.5, 0.6) is 5.88 Å². The van der Waals surface area contributed by atoms with Gasteiger partial charge >= 0.3 is 0 Å². The second-order valence-corrected chi connectivity index (χ2v) is 6.31. The van der Waals surface area contributed by atoms with E-state index in [1.807, 2.05) is 0 Å². The summed E-state index contributed by atoms with van der Waals surface area (Å²) in [5, 5.41) is 0. The molecule has 1 aromatic rings. The third-order valence-electron chi connectivity index (χ3n) is 4.40. The van der Waals surface area contributed by atoms with Crippen molar-refractivity contribution in [3.05, 3.63) is 5.69 Å². The highest BCUT2D eigenvalue weighted by molar-refractivity contribution is 6.99. The van der Waals surface area contributed by atoms with Crippen LogP contribution in [0.25, 0.3) is 0 Å². The number of aromatic nitrogens is 2. The van der Waals surface area contributed by atoms with Gasteiger partial charge in [0.15, 0.2) is 0 Å². The molecule has 2 bridgehead atoms. The zero-order valence-corrected chi connectivity index (χ0v) is 12.5. The van der Waals surface area contributed by atoms with E-state index in [0.717, 1.165) is 37.1 Å². The third kappa shape index (κ3) is 2.92. The highest BCUT2D eigenvalue weighted by Crippen LogP contribution is 2.41. The summed E-state index contributed by atoms with van der Waals surface area (Å²) in [6.45, 7) is 6.69.